The van der Waals surface area contributed by atoms with Gasteiger partial charge in [0.1, 0.15) is 5.75 Å². The minimum atomic E-state index is 0.346. The Labute approximate surface area is 158 Å². The smallest absolute Gasteiger partial charge is 0.193 e. The third-order valence-corrected chi connectivity index (χ3v) is 4.11. The molecule has 0 aliphatic carbocycles. The molecular formula is C22H20N4O. The number of ether oxygens (including phenoxy) is 1. The molecule has 5 nitrogen and oxygen atoms in total. The van der Waals surface area contributed by atoms with Crippen molar-refractivity contribution in [2.24, 2.45) is 10.7 Å². The van der Waals surface area contributed by atoms with Gasteiger partial charge in [0.2, 0.25) is 0 Å². The van der Waals surface area contributed by atoms with E-state index >= 15 is 0 Å². The summed E-state index contributed by atoms with van der Waals surface area (Å²) in [4.78, 5) is 4.37. The average molecular weight is 356 g/mol. The topological polar surface area (TPSA) is 83.4 Å². The Morgan fingerprint density at radius 2 is 1.74 bits per heavy atom. The number of nitrogens with two attached hydrogens (primary N) is 1. The monoisotopic (exact) mass is 356 g/mol. The van der Waals surface area contributed by atoms with Crippen molar-refractivity contribution < 1.29 is 4.74 Å². The Hall–Kier alpha value is -3.78. The molecule has 0 bridgehead atoms. The van der Waals surface area contributed by atoms with E-state index < -0.39 is 0 Å². The van der Waals surface area contributed by atoms with Gasteiger partial charge in [-0.15, -0.1) is 0 Å². The van der Waals surface area contributed by atoms with Crippen molar-refractivity contribution in [3.63, 3.8) is 0 Å². The van der Waals surface area contributed by atoms with Crippen molar-refractivity contribution >= 4 is 11.6 Å². The zero-order valence-corrected chi connectivity index (χ0v) is 15.0. The zero-order valence-electron chi connectivity index (χ0n) is 15.0. The molecule has 0 aliphatic rings. The first kappa shape index (κ1) is 18.0. The van der Waals surface area contributed by atoms with Crippen LogP contribution in [0.2, 0.25) is 0 Å². The predicted molar refractivity (Wildman–Crippen MR) is 109 cm³/mol. The molecule has 3 aromatic carbocycles. The predicted octanol–water partition coefficient (Wildman–Crippen LogP) is 4.16. The summed E-state index contributed by atoms with van der Waals surface area (Å²) in [7, 11) is 1.63. The van der Waals surface area contributed by atoms with Crippen LogP contribution in [-0.2, 0) is 6.54 Å². The van der Waals surface area contributed by atoms with Gasteiger partial charge in [-0.3, -0.25) is 0 Å². The van der Waals surface area contributed by atoms with Crippen LogP contribution in [0.25, 0.3) is 11.1 Å². The molecule has 0 fully saturated rings. The van der Waals surface area contributed by atoms with Crippen LogP contribution in [0.3, 0.4) is 0 Å². The van der Waals surface area contributed by atoms with Crippen molar-refractivity contribution in [3.05, 3.63) is 83.9 Å². The minimum absolute atomic E-state index is 0.346. The van der Waals surface area contributed by atoms with E-state index in [0.717, 1.165) is 28.1 Å². The number of guanidine groups is 1. The van der Waals surface area contributed by atoms with E-state index in [9.17, 15) is 5.26 Å². The van der Waals surface area contributed by atoms with E-state index in [1.165, 1.54) is 0 Å². The molecule has 0 unspecified atom stereocenters. The van der Waals surface area contributed by atoms with Crippen LogP contribution in [0.1, 0.15) is 11.1 Å². The number of hydrogen-bond acceptors (Lipinski definition) is 3. The number of hydrogen-bond donors (Lipinski definition) is 2. The molecule has 0 amide bonds. The highest BCUT2D eigenvalue weighted by molar-refractivity contribution is 5.92. The van der Waals surface area contributed by atoms with Crippen LogP contribution in [0.4, 0.5) is 5.69 Å². The van der Waals surface area contributed by atoms with Gasteiger partial charge < -0.3 is 15.8 Å². The largest absolute Gasteiger partial charge is 0.497 e. The van der Waals surface area contributed by atoms with Crippen molar-refractivity contribution in [1.29, 1.82) is 5.26 Å². The summed E-state index contributed by atoms with van der Waals surface area (Å²) in [6.45, 7) is 0.467. The van der Waals surface area contributed by atoms with Gasteiger partial charge in [-0.2, -0.15) is 5.26 Å². The summed E-state index contributed by atoms with van der Waals surface area (Å²) < 4.78 is 5.13. The van der Waals surface area contributed by atoms with E-state index in [0.29, 0.717) is 18.1 Å². The number of aliphatic imine (C=N–C) groups is 1. The molecule has 134 valence electrons. The van der Waals surface area contributed by atoms with E-state index in [4.69, 9.17) is 10.5 Å². The van der Waals surface area contributed by atoms with Gasteiger partial charge in [0.05, 0.1) is 25.3 Å². The fraction of sp³-hybridized carbons (Fsp3) is 0.0909. The first-order chi connectivity index (χ1) is 13.2. The maximum Gasteiger partial charge on any atom is 0.193 e. The summed E-state index contributed by atoms with van der Waals surface area (Å²) in [5.41, 5.74) is 10.4. The molecule has 0 heterocycles. The highest BCUT2D eigenvalue weighted by Crippen LogP contribution is 2.23. The van der Waals surface area contributed by atoms with E-state index in [1.54, 1.807) is 7.11 Å². The molecule has 0 aromatic heterocycles. The molecule has 3 rings (SSSR count). The molecule has 27 heavy (non-hydrogen) atoms. The summed E-state index contributed by atoms with van der Waals surface area (Å²) in [6.07, 6.45) is 0. The lowest BCUT2D eigenvalue weighted by atomic mass is 9.99. The van der Waals surface area contributed by atoms with Gasteiger partial charge in [-0.25, -0.2) is 4.99 Å². The third kappa shape index (κ3) is 4.65. The molecule has 0 radical (unpaired) electrons. The van der Waals surface area contributed by atoms with Gasteiger partial charge in [-0.1, -0.05) is 42.5 Å². The highest BCUT2D eigenvalue weighted by Gasteiger charge is 2.04. The normalized spacial score (nSPS) is 10.9. The Kier molecular flexibility index (Phi) is 5.70. The van der Waals surface area contributed by atoms with Gasteiger partial charge in [-0.05, 0) is 47.0 Å². The SMILES string of the molecule is COc1ccc(NC(N)=NCc2ccc(-c3ccccc3C#N)cc2)cc1. The van der Waals surface area contributed by atoms with Crippen LogP contribution < -0.4 is 15.8 Å². The van der Waals surface area contributed by atoms with E-state index in [2.05, 4.69) is 16.4 Å². The van der Waals surface area contributed by atoms with Crippen molar-refractivity contribution in [2.45, 2.75) is 6.54 Å². The van der Waals surface area contributed by atoms with Crippen LogP contribution in [-0.4, -0.2) is 13.1 Å². The average Bonchev–Trinajstić information content (AvgIpc) is 2.73. The molecule has 3 aromatic rings. The lowest BCUT2D eigenvalue weighted by Gasteiger charge is -2.07. The fourth-order valence-electron chi connectivity index (χ4n) is 2.66. The lowest BCUT2D eigenvalue weighted by Crippen LogP contribution is -2.22. The number of anilines is 1. The van der Waals surface area contributed by atoms with Crippen LogP contribution in [0.5, 0.6) is 5.75 Å². The number of nitrogens with one attached hydrogen (secondary N) is 1. The number of nitrogens with zero attached hydrogens (tertiary/aromatic N) is 2. The lowest BCUT2D eigenvalue weighted by molar-refractivity contribution is 0.415. The first-order valence-electron chi connectivity index (χ1n) is 8.49. The Balaban J connectivity index is 1.65. The maximum absolute atomic E-state index is 9.23. The maximum atomic E-state index is 9.23. The fourth-order valence-corrected chi connectivity index (χ4v) is 2.66. The second-order valence-corrected chi connectivity index (χ2v) is 5.91. The zero-order chi connectivity index (χ0) is 19.1. The molecule has 0 aliphatic heterocycles. The minimum Gasteiger partial charge on any atom is -0.497 e. The summed E-state index contributed by atoms with van der Waals surface area (Å²) in [6, 6.07) is 25.2. The van der Waals surface area contributed by atoms with E-state index in [-0.39, 0.29) is 0 Å². The van der Waals surface area contributed by atoms with Crippen LogP contribution in [0.15, 0.2) is 77.8 Å². The Morgan fingerprint density at radius 1 is 1.04 bits per heavy atom. The number of methoxy groups -OCH3 is 1. The highest BCUT2D eigenvalue weighted by atomic mass is 16.5. The van der Waals surface area contributed by atoms with Crippen molar-refractivity contribution in [3.8, 4) is 22.9 Å². The van der Waals surface area contributed by atoms with Gasteiger partial charge in [0.25, 0.3) is 0 Å². The summed E-state index contributed by atoms with van der Waals surface area (Å²) in [5.74, 6) is 1.13. The van der Waals surface area contributed by atoms with Gasteiger partial charge in [0.15, 0.2) is 5.96 Å². The molecule has 0 saturated heterocycles. The second kappa shape index (κ2) is 8.54. The molecule has 0 saturated carbocycles. The molecule has 0 atom stereocenters. The van der Waals surface area contributed by atoms with Crippen LogP contribution in [0, 0.1) is 11.3 Å². The summed E-state index contributed by atoms with van der Waals surface area (Å²) >= 11 is 0. The quantitative estimate of drug-likeness (QED) is 0.531. The first-order valence-corrected chi connectivity index (χ1v) is 8.49. The van der Waals surface area contributed by atoms with Gasteiger partial charge in [0, 0.05) is 5.69 Å². The standard InChI is InChI=1S/C22H20N4O/c1-27-20-12-10-19(11-13-20)26-22(24)25-15-16-6-8-17(9-7-16)21-5-3-2-4-18(21)14-23/h2-13H,15H2,1H3,(H3,24,25,26). The molecule has 3 N–H and O–H groups in total. The second-order valence-electron chi connectivity index (χ2n) is 5.91. The van der Waals surface area contributed by atoms with Gasteiger partial charge >= 0.3 is 0 Å². The molecule has 5 heteroatoms. The summed E-state index contributed by atoms with van der Waals surface area (Å²) in [5, 5.41) is 12.3. The molecular weight excluding hydrogens is 336 g/mol. The van der Waals surface area contributed by atoms with Crippen molar-refractivity contribution in [2.75, 3.05) is 12.4 Å². The number of nitriles is 1. The third-order valence-electron chi connectivity index (χ3n) is 4.11. The number of rotatable bonds is 5. The van der Waals surface area contributed by atoms with E-state index in [1.807, 2.05) is 72.8 Å². The van der Waals surface area contributed by atoms with Crippen LogP contribution >= 0.6 is 0 Å². The van der Waals surface area contributed by atoms with Crippen molar-refractivity contribution in [1.82, 2.24) is 0 Å². The Morgan fingerprint density at radius 3 is 2.41 bits per heavy atom. The molecule has 0 spiro atoms. The Bertz CT molecular complexity index is 970. The number of benzene rings is 3.